The number of hydrogen-bond donors (Lipinski definition) is 0. The molecule has 21 heavy (non-hydrogen) atoms. The van der Waals surface area contributed by atoms with Crippen molar-refractivity contribution in [2.75, 3.05) is 0 Å². The molecule has 0 unspecified atom stereocenters. The molecule has 0 saturated carbocycles. The Balaban J connectivity index is 3.29. The molecule has 0 saturated heterocycles. The standard InChI is InChI=1S/C21H36/c1-7-10-13-18-15-17(12-9-3)16-20(21(4,5)6)19(18)14-11-8-2/h15-16H,7-14H2,1-6H3. The van der Waals surface area contributed by atoms with Crippen molar-refractivity contribution < 1.29 is 0 Å². The van der Waals surface area contributed by atoms with Gasteiger partial charge in [0, 0.05) is 0 Å². The summed E-state index contributed by atoms with van der Waals surface area (Å²) >= 11 is 0. The van der Waals surface area contributed by atoms with Crippen LogP contribution >= 0.6 is 0 Å². The molecule has 0 spiro atoms. The van der Waals surface area contributed by atoms with Crippen LogP contribution in [0, 0.1) is 0 Å². The lowest BCUT2D eigenvalue weighted by molar-refractivity contribution is 0.575. The highest BCUT2D eigenvalue weighted by Gasteiger charge is 2.20. The van der Waals surface area contributed by atoms with Crippen LogP contribution in [-0.4, -0.2) is 0 Å². The van der Waals surface area contributed by atoms with E-state index in [4.69, 9.17) is 0 Å². The maximum atomic E-state index is 2.51. The third-order valence-electron chi connectivity index (χ3n) is 4.33. The van der Waals surface area contributed by atoms with Gasteiger partial charge in [0.15, 0.2) is 0 Å². The number of aryl methyl sites for hydroxylation is 2. The number of unbranched alkanes of at least 4 members (excludes halogenated alkanes) is 2. The van der Waals surface area contributed by atoms with Crippen LogP contribution in [0.5, 0.6) is 0 Å². The molecule has 0 fully saturated rings. The average molecular weight is 289 g/mol. The van der Waals surface area contributed by atoms with Crippen LogP contribution in [-0.2, 0) is 24.7 Å². The van der Waals surface area contributed by atoms with Crippen molar-refractivity contribution in [3.8, 4) is 0 Å². The lowest BCUT2D eigenvalue weighted by atomic mass is 9.78. The van der Waals surface area contributed by atoms with E-state index >= 15 is 0 Å². The fourth-order valence-corrected chi connectivity index (χ4v) is 3.14. The first-order valence-electron chi connectivity index (χ1n) is 9.09. The van der Waals surface area contributed by atoms with E-state index in [9.17, 15) is 0 Å². The quantitative estimate of drug-likeness (QED) is 0.504. The Morgan fingerprint density at radius 2 is 1.38 bits per heavy atom. The van der Waals surface area contributed by atoms with Crippen LogP contribution in [0.4, 0.5) is 0 Å². The monoisotopic (exact) mass is 288 g/mol. The van der Waals surface area contributed by atoms with Crippen molar-refractivity contribution in [1.82, 2.24) is 0 Å². The molecule has 120 valence electrons. The normalized spacial score (nSPS) is 11.9. The van der Waals surface area contributed by atoms with Gasteiger partial charge in [-0.15, -0.1) is 0 Å². The Kier molecular flexibility index (Phi) is 7.49. The lowest BCUT2D eigenvalue weighted by Crippen LogP contribution is -2.17. The second-order valence-corrected chi connectivity index (χ2v) is 7.49. The van der Waals surface area contributed by atoms with Crippen molar-refractivity contribution in [2.45, 2.75) is 98.3 Å². The molecule has 1 aromatic carbocycles. The molecular formula is C21H36. The Morgan fingerprint density at radius 1 is 0.762 bits per heavy atom. The summed E-state index contributed by atoms with van der Waals surface area (Å²) in [7, 11) is 0. The molecule has 0 aliphatic rings. The maximum Gasteiger partial charge on any atom is -0.0129 e. The molecule has 0 nitrogen and oxygen atoms in total. The van der Waals surface area contributed by atoms with Crippen LogP contribution in [0.3, 0.4) is 0 Å². The van der Waals surface area contributed by atoms with Gasteiger partial charge in [-0.25, -0.2) is 0 Å². The summed E-state index contributed by atoms with van der Waals surface area (Å²) in [5, 5.41) is 0. The minimum absolute atomic E-state index is 0.258. The van der Waals surface area contributed by atoms with Gasteiger partial charge in [0.05, 0.1) is 0 Å². The Morgan fingerprint density at radius 3 is 1.90 bits per heavy atom. The van der Waals surface area contributed by atoms with Crippen LogP contribution < -0.4 is 0 Å². The fraction of sp³-hybridized carbons (Fsp3) is 0.714. The van der Waals surface area contributed by atoms with Crippen molar-refractivity contribution in [1.29, 1.82) is 0 Å². The first kappa shape index (κ1) is 18.3. The molecule has 0 radical (unpaired) electrons. The Labute approximate surface area is 133 Å². The van der Waals surface area contributed by atoms with Gasteiger partial charge in [-0.05, 0) is 59.8 Å². The predicted molar refractivity (Wildman–Crippen MR) is 96.4 cm³/mol. The van der Waals surface area contributed by atoms with Gasteiger partial charge in [0.1, 0.15) is 0 Å². The molecule has 0 atom stereocenters. The molecule has 0 bridgehead atoms. The first-order chi connectivity index (χ1) is 9.93. The van der Waals surface area contributed by atoms with Crippen molar-refractivity contribution in [2.24, 2.45) is 0 Å². The highest BCUT2D eigenvalue weighted by molar-refractivity contribution is 5.43. The molecule has 0 aliphatic heterocycles. The van der Waals surface area contributed by atoms with Gasteiger partial charge in [-0.3, -0.25) is 0 Å². The summed E-state index contributed by atoms with van der Waals surface area (Å²) in [4.78, 5) is 0. The van der Waals surface area contributed by atoms with E-state index in [-0.39, 0.29) is 5.41 Å². The van der Waals surface area contributed by atoms with Crippen LogP contribution in [0.25, 0.3) is 0 Å². The van der Waals surface area contributed by atoms with Gasteiger partial charge in [0.25, 0.3) is 0 Å². The summed E-state index contributed by atoms with van der Waals surface area (Å²) in [5.74, 6) is 0. The van der Waals surface area contributed by atoms with E-state index in [0.29, 0.717) is 0 Å². The predicted octanol–water partition coefficient (Wildman–Crippen LogP) is 6.62. The highest BCUT2D eigenvalue weighted by atomic mass is 14.3. The number of rotatable bonds is 8. The zero-order chi connectivity index (χ0) is 15.9. The van der Waals surface area contributed by atoms with Gasteiger partial charge in [-0.1, -0.05) is 72.9 Å². The van der Waals surface area contributed by atoms with Crippen LogP contribution in [0.2, 0.25) is 0 Å². The molecule has 0 N–H and O–H groups in total. The van der Waals surface area contributed by atoms with E-state index in [2.05, 4.69) is 53.7 Å². The molecular weight excluding hydrogens is 252 g/mol. The average Bonchev–Trinajstić information content (AvgIpc) is 2.42. The summed E-state index contributed by atoms with van der Waals surface area (Å²) in [6.45, 7) is 14.0. The molecule has 0 aliphatic carbocycles. The lowest BCUT2D eigenvalue weighted by Gasteiger charge is -2.27. The minimum atomic E-state index is 0.258. The SMILES string of the molecule is CCCCc1cc(CCC)cc(C(C)(C)C)c1CCCC. The van der Waals surface area contributed by atoms with Crippen molar-refractivity contribution in [3.63, 3.8) is 0 Å². The molecule has 0 aromatic heterocycles. The number of benzene rings is 1. The Hall–Kier alpha value is -0.780. The molecule has 1 aromatic rings. The van der Waals surface area contributed by atoms with Gasteiger partial charge in [-0.2, -0.15) is 0 Å². The third-order valence-corrected chi connectivity index (χ3v) is 4.33. The zero-order valence-electron chi connectivity index (χ0n) is 15.3. The molecule has 1 rings (SSSR count). The van der Waals surface area contributed by atoms with E-state index in [1.165, 1.54) is 51.4 Å². The second kappa shape index (κ2) is 8.61. The molecule has 0 heteroatoms. The van der Waals surface area contributed by atoms with Crippen LogP contribution in [0.15, 0.2) is 12.1 Å². The maximum absolute atomic E-state index is 2.51. The van der Waals surface area contributed by atoms with E-state index in [1.807, 2.05) is 0 Å². The summed E-state index contributed by atoms with van der Waals surface area (Å²) < 4.78 is 0. The van der Waals surface area contributed by atoms with Gasteiger partial charge >= 0.3 is 0 Å². The summed E-state index contributed by atoms with van der Waals surface area (Å²) in [5.41, 5.74) is 6.72. The topological polar surface area (TPSA) is 0 Å². The van der Waals surface area contributed by atoms with Gasteiger partial charge < -0.3 is 0 Å². The van der Waals surface area contributed by atoms with Crippen molar-refractivity contribution in [3.05, 3.63) is 34.4 Å². The minimum Gasteiger partial charge on any atom is -0.0654 e. The van der Waals surface area contributed by atoms with Gasteiger partial charge in [0.2, 0.25) is 0 Å². The third kappa shape index (κ3) is 5.49. The van der Waals surface area contributed by atoms with E-state index < -0.39 is 0 Å². The Bertz CT molecular complexity index is 420. The zero-order valence-corrected chi connectivity index (χ0v) is 15.3. The van der Waals surface area contributed by atoms with E-state index in [1.54, 1.807) is 22.3 Å². The number of hydrogen-bond acceptors (Lipinski definition) is 0. The first-order valence-corrected chi connectivity index (χ1v) is 9.09. The smallest absolute Gasteiger partial charge is 0.0129 e. The highest BCUT2D eigenvalue weighted by Crippen LogP contribution is 2.32. The van der Waals surface area contributed by atoms with Crippen molar-refractivity contribution >= 4 is 0 Å². The second-order valence-electron chi connectivity index (χ2n) is 7.49. The van der Waals surface area contributed by atoms with E-state index in [0.717, 1.165) is 0 Å². The summed E-state index contributed by atoms with van der Waals surface area (Å²) in [6.07, 6.45) is 10.2. The molecule has 0 heterocycles. The van der Waals surface area contributed by atoms with Crippen LogP contribution in [0.1, 0.15) is 95.9 Å². The summed E-state index contributed by atoms with van der Waals surface area (Å²) in [6, 6.07) is 5.02. The molecule has 0 amide bonds. The largest absolute Gasteiger partial charge is 0.0654 e. The fourth-order valence-electron chi connectivity index (χ4n) is 3.14.